The van der Waals surface area contributed by atoms with E-state index in [0.29, 0.717) is 5.69 Å². The molecule has 0 saturated heterocycles. The highest BCUT2D eigenvalue weighted by atomic mass is 32.2. The number of sulfonamides is 1. The molecule has 0 radical (unpaired) electrons. The average molecular weight is 484 g/mol. The molecule has 0 atom stereocenters. The van der Waals surface area contributed by atoms with E-state index in [9.17, 15) is 18.0 Å². The number of hydrogen-bond donors (Lipinski definition) is 1. The van der Waals surface area contributed by atoms with Gasteiger partial charge in [0.15, 0.2) is 0 Å². The van der Waals surface area contributed by atoms with Crippen LogP contribution in [0.4, 0.5) is 10.6 Å². The first kappa shape index (κ1) is 25.8. The number of ether oxygens (including phenoxy) is 2. The maximum Gasteiger partial charge on any atom is 0.416 e. The van der Waals surface area contributed by atoms with Crippen molar-refractivity contribution in [3.8, 4) is 0 Å². The Morgan fingerprint density at radius 1 is 1.06 bits per heavy atom. The van der Waals surface area contributed by atoms with Gasteiger partial charge in [0.1, 0.15) is 23.6 Å². The number of amides is 1. The molecular formula is C21H29N3O6S2. The van der Waals surface area contributed by atoms with E-state index in [1.165, 1.54) is 28.8 Å². The second-order valence-electron chi connectivity index (χ2n) is 8.92. The zero-order chi connectivity index (χ0) is 24.2. The predicted molar refractivity (Wildman–Crippen MR) is 122 cm³/mol. The Kier molecular flexibility index (Phi) is 8.02. The van der Waals surface area contributed by atoms with Crippen molar-refractivity contribution < 1.29 is 27.5 Å². The minimum atomic E-state index is -3.69. The van der Waals surface area contributed by atoms with E-state index >= 15 is 0 Å². The molecule has 0 fully saturated rings. The number of rotatable bonds is 7. The molecule has 0 saturated carbocycles. The molecule has 2 aromatic heterocycles. The average Bonchev–Trinajstić information content (AvgIpc) is 3.17. The fourth-order valence-corrected chi connectivity index (χ4v) is 4.46. The van der Waals surface area contributed by atoms with Crippen LogP contribution in [0.15, 0.2) is 39.9 Å². The largest absolute Gasteiger partial charge is 0.459 e. The van der Waals surface area contributed by atoms with Crippen molar-refractivity contribution in [2.24, 2.45) is 0 Å². The van der Waals surface area contributed by atoms with E-state index in [-0.39, 0.29) is 17.3 Å². The molecule has 0 aliphatic heterocycles. The van der Waals surface area contributed by atoms with E-state index in [1.54, 1.807) is 59.1 Å². The second-order valence-corrected chi connectivity index (χ2v) is 11.5. The van der Waals surface area contributed by atoms with Gasteiger partial charge in [-0.2, -0.15) is 11.3 Å². The van der Waals surface area contributed by atoms with Crippen molar-refractivity contribution in [1.82, 2.24) is 9.71 Å². The molecular weight excluding hydrogens is 454 g/mol. The SMILES string of the molecule is CC(C)(C)OC(=O)CN(C(=O)OC(C)(C)C)c1cccc(CNS(=O)(=O)c2ccsc2)n1. The van der Waals surface area contributed by atoms with Crippen LogP contribution in [0.3, 0.4) is 0 Å². The quantitative estimate of drug-likeness (QED) is 0.597. The highest BCUT2D eigenvalue weighted by Crippen LogP contribution is 2.19. The maximum absolute atomic E-state index is 12.8. The van der Waals surface area contributed by atoms with Gasteiger partial charge in [-0.05, 0) is 65.1 Å². The second kappa shape index (κ2) is 9.97. The van der Waals surface area contributed by atoms with Gasteiger partial charge in [-0.1, -0.05) is 6.07 Å². The van der Waals surface area contributed by atoms with Crippen LogP contribution in [0.2, 0.25) is 0 Å². The van der Waals surface area contributed by atoms with Gasteiger partial charge in [0.25, 0.3) is 0 Å². The van der Waals surface area contributed by atoms with Crippen LogP contribution in [0.5, 0.6) is 0 Å². The third-order valence-corrected chi connectivity index (χ3v) is 5.87. The number of esters is 1. The topological polar surface area (TPSA) is 115 Å². The van der Waals surface area contributed by atoms with Crippen LogP contribution in [-0.2, 0) is 30.8 Å². The van der Waals surface area contributed by atoms with Crippen LogP contribution in [-0.4, -0.2) is 43.2 Å². The van der Waals surface area contributed by atoms with E-state index < -0.39 is 39.8 Å². The van der Waals surface area contributed by atoms with Gasteiger partial charge in [-0.15, -0.1) is 0 Å². The van der Waals surface area contributed by atoms with Gasteiger partial charge in [0.05, 0.1) is 17.1 Å². The number of thiophene rings is 1. The highest BCUT2D eigenvalue weighted by Gasteiger charge is 2.28. The Morgan fingerprint density at radius 3 is 2.28 bits per heavy atom. The minimum absolute atomic E-state index is 0.0966. The predicted octanol–water partition coefficient (Wildman–Crippen LogP) is 3.70. The summed E-state index contributed by atoms with van der Waals surface area (Å²) >= 11 is 1.27. The summed E-state index contributed by atoms with van der Waals surface area (Å²) in [6.07, 6.45) is -0.771. The lowest BCUT2D eigenvalue weighted by Crippen LogP contribution is -2.42. The molecule has 0 spiro atoms. The van der Waals surface area contributed by atoms with Crippen LogP contribution >= 0.6 is 11.3 Å². The first-order valence-electron chi connectivity index (χ1n) is 9.86. The van der Waals surface area contributed by atoms with Gasteiger partial charge >= 0.3 is 12.1 Å². The summed E-state index contributed by atoms with van der Waals surface area (Å²) in [7, 11) is -3.69. The first-order chi connectivity index (χ1) is 14.7. The zero-order valence-corrected chi connectivity index (χ0v) is 20.7. The van der Waals surface area contributed by atoms with Crippen LogP contribution < -0.4 is 9.62 Å². The molecule has 0 aliphatic carbocycles. The standard InChI is InChI=1S/C21H29N3O6S2/c1-20(2,3)29-18(25)13-24(19(26)30-21(4,5)6)17-9-7-8-15(23-17)12-22-32(27,28)16-10-11-31-14-16/h7-11,14,22H,12-13H2,1-6H3. The van der Waals surface area contributed by atoms with E-state index in [4.69, 9.17) is 9.47 Å². The molecule has 1 amide bonds. The van der Waals surface area contributed by atoms with Gasteiger partial charge in [0, 0.05) is 5.38 Å². The molecule has 2 aromatic rings. The van der Waals surface area contributed by atoms with Crippen molar-refractivity contribution in [3.05, 3.63) is 40.7 Å². The van der Waals surface area contributed by atoms with Crippen molar-refractivity contribution in [2.45, 2.75) is 64.2 Å². The molecule has 32 heavy (non-hydrogen) atoms. The first-order valence-corrected chi connectivity index (χ1v) is 12.3. The minimum Gasteiger partial charge on any atom is -0.459 e. The molecule has 176 valence electrons. The lowest BCUT2D eigenvalue weighted by molar-refractivity contribution is -0.153. The number of carbonyl (C=O) groups is 2. The zero-order valence-electron chi connectivity index (χ0n) is 19.0. The molecule has 0 bridgehead atoms. The fourth-order valence-electron chi connectivity index (χ4n) is 2.43. The number of nitrogens with zero attached hydrogens (tertiary/aromatic N) is 2. The number of hydrogen-bond acceptors (Lipinski definition) is 8. The summed E-state index contributed by atoms with van der Waals surface area (Å²) in [4.78, 5) is 30.8. The summed E-state index contributed by atoms with van der Waals surface area (Å²) < 4.78 is 37.9. The third-order valence-electron chi connectivity index (χ3n) is 3.64. The van der Waals surface area contributed by atoms with E-state index in [1.807, 2.05) is 0 Å². The number of carbonyl (C=O) groups excluding carboxylic acids is 2. The van der Waals surface area contributed by atoms with Crippen molar-refractivity contribution >= 4 is 39.2 Å². The van der Waals surface area contributed by atoms with Crippen LogP contribution in [0.1, 0.15) is 47.2 Å². The van der Waals surface area contributed by atoms with Gasteiger partial charge in [-0.25, -0.2) is 22.9 Å². The molecule has 0 aromatic carbocycles. The fraction of sp³-hybridized carbons (Fsp3) is 0.476. The van der Waals surface area contributed by atoms with Crippen molar-refractivity contribution in [1.29, 1.82) is 0 Å². The normalized spacial score (nSPS) is 12.3. The number of aromatic nitrogens is 1. The highest BCUT2D eigenvalue weighted by molar-refractivity contribution is 7.89. The van der Waals surface area contributed by atoms with Crippen molar-refractivity contribution in [2.75, 3.05) is 11.4 Å². The molecule has 1 N–H and O–H groups in total. The summed E-state index contributed by atoms with van der Waals surface area (Å²) in [5.74, 6) is -0.494. The Balaban J connectivity index is 2.24. The lowest BCUT2D eigenvalue weighted by Gasteiger charge is -2.27. The Hall–Kier alpha value is -2.50. The summed E-state index contributed by atoms with van der Waals surface area (Å²) in [6, 6.07) is 6.26. The van der Waals surface area contributed by atoms with E-state index in [0.717, 1.165) is 4.90 Å². The van der Waals surface area contributed by atoms with Gasteiger partial charge < -0.3 is 9.47 Å². The number of nitrogens with one attached hydrogen (secondary N) is 1. The molecule has 0 unspecified atom stereocenters. The Bertz CT molecular complexity index is 1040. The molecule has 2 rings (SSSR count). The lowest BCUT2D eigenvalue weighted by atomic mass is 10.2. The maximum atomic E-state index is 12.8. The van der Waals surface area contributed by atoms with Gasteiger partial charge in [0.2, 0.25) is 10.0 Å². The smallest absolute Gasteiger partial charge is 0.416 e. The summed E-state index contributed by atoms with van der Waals surface area (Å²) in [5, 5.41) is 3.19. The molecule has 0 aliphatic rings. The van der Waals surface area contributed by atoms with E-state index in [2.05, 4.69) is 9.71 Å². The van der Waals surface area contributed by atoms with Crippen LogP contribution in [0, 0.1) is 0 Å². The summed E-state index contributed by atoms with van der Waals surface area (Å²) in [5.41, 5.74) is -1.16. The van der Waals surface area contributed by atoms with Gasteiger partial charge in [-0.3, -0.25) is 9.69 Å². The summed E-state index contributed by atoms with van der Waals surface area (Å²) in [6.45, 7) is 9.78. The monoisotopic (exact) mass is 483 g/mol. The molecule has 9 nitrogen and oxygen atoms in total. The Labute approximate surface area is 192 Å². The molecule has 2 heterocycles. The molecule has 11 heteroatoms. The van der Waals surface area contributed by atoms with Crippen LogP contribution in [0.25, 0.3) is 0 Å². The Morgan fingerprint density at radius 2 is 1.72 bits per heavy atom. The third kappa shape index (κ3) is 8.21. The number of pyridine rings is 1. The van der Waals surface area contributed by atoms with Crippen molar-refractivity contribution in [3.63, 3.8) is 0 Å². The number of anilines is 1.